The monoisotopic (exact) mass is 106 g/mol. The zero-order chi connectivity index (χ0) is 5.70. The molecule has 0 unspecified atom stereocenters. The van der Waals surface area contributed by atoms with Crippen molar-refractivity contribution >= 4 is 7.92 Å². The highest BCUT2D eigenvalue weighted by Crippen LogP contribution is 2.27. The molecule has 0 aromatic carbocycles. The molecule has 0 saturated heterocycles. The summed E-state index contributed by atoms with van der Waals surface area (Å²) in [5.41, 5.74) is 6.88. The molecule has 0 saturated carbocycles. The largest absolute Gasteiger partial charge is 0.126 e. The van der Waals surface area contributed by atoms with Crippen LogP contribution >= 0.6 is 7.92 Å². The Morgan fingerprint density at radius 1 is 0.857 bits per heavy atom. The quantitative estimate of drug-likeness (QED) is 0.322. The van der Waals surface area contributed by atoms with E-state index < -0.39 is 7.92 Å². The predicted octanol–water partition coefficient (Wildman–Crippen LogP) is 1.24. The molecular formula is C6H3P. The lowest BCUT2D eigenvalue weighted by atomic mass is 11.4. The molecular weight excluding hydrogens is 103 g/mol. The van der Waals surface area contributed by atoms with Crippen LogP contribution in [0, 0.1) is 36.3 Å². The van der Waals surface area contributed by atoms with Gasteiger partial charge in [0.2, 0.25) is 0 Å². The van der Waals surface area contributed by atoms with Gasteiger partial charge in [-0.05, 0) is 0 Å². The standard InChI is InChI=1S/C6H3P/c1-4-7(5-2)6-3/h1-3H. The highest BCUT2D eigenvalue weighted by Gasteiger charge is 1.86. The van der Waals surface area contributed by atoms with Gasteiger partial charge in [-0.2, -0.15) is 0 Å². The highest BCUT2D eigenvalue weighted by molar-refractivity contribution is 7.72. The van der Waals surface area contributed by atoms with Crippen molar-refractivity contribution in [1.29, 1.82) is 0 Å². The molecule has 0 fully saturated rings. The van der Waals surface area contributed by atoms with E-state index in [9.17, 15) is 0 Å². The molecule has 0 aromatic heterocycles. The Hall–Kier alpha value is -0.890. The van der Waals surface area contributed by atoms with Crippen molar-refractivity contribution in [2.75, 3.05) is 0 Å². The lowest BCUT2D eigenvalue weighted by Gasteiger charge is -1.80. The van der Waals surface area contributed by atoms with Crippen LogP contribution < -0.4 is 0 Å². The summed E-state index contributed by atoms with van der Waals surface area (Å²) in [6, 6.07) is 0. The molecule has 0 amide bonds. The van der Waals surface area contributed by atoms with E-state index in [2.05, 4.69) is 17.0 Å². The van der Waals surface area contributed by atoms with Crippen LogP contribution in [0.5, 0.6) is 0 Å². The molecule has 1 heteroatoms. The molecule has 0 bridgehead atoms. The van der Waals surface area contributed by atoms with Crippen LogP contribution in [0.15, 0.2) is 0 Å². The fourth-order valence-corrected chi connectivity index (χ4v) is 0.335. The van der Waals surface area contributed by atoms with Gasteiger partial charge in [0.15, 0.2) is 0 Å². The van der Waals surface area contributed by atoms with Gasteiger partial charge in [0.05, 0.1) is 0 Å². The van der Waals surface area contributed by atoms with E-state index >= 15 is 0 Å². The van der Waals surface area contributed by atoms with Crippen molar-refractivity contribution in [3.05, 3.63) is 0 Å². The molecule has 0 aromatic rings. The highest BCUT2D eigenvalue weighted by atomic mass is 31.1. The Morgan fingerprint density at radius 2 is 1.14 bits per heavy atom. The molecule has 0 aliphatic rings. The van der Waals surface area contributed by atoms with Gasteiger partial charge in [0, 0.05) is 0 Å². The van der Waals surface area contributed by atoms with Crippen LogP contribution in [0.1, 0.15) is 0 Å². The molecule has 7 heavy (non-hydrogen) atoms. The molecule has 0 nitrogen and oxygen atoms in total. The lowest BCUT2D eigenvalue weighted by Crippen LogP contribution is -1.49. The Kier molecular flexibility index (Phi) is 2.89. The lowest BCUT2D eigenvalue weighted by molar-refractivity contribution is 2.84. The normalized spacial score (nSPS) is 6.00. The van der Waals surface area contributed by atoms with Crippen LogP contribution in [-0.4, -0.2) is 0 Å². The molecule has 0 aliphatic heterocycles. The Labute approximate surface area is 45.1 Å². The minimum Gasteiger partial charge on any atom is -0.113 e. The minimum absolute atomic E-state index is 0.971. The van der Waals surface area contributed by atoms with E-state index in [0.717, 1.165) is 0 Å². The zero-order valence-corrected chi connectivity index (χ0v) is 4.57. The van der Waals surface area contributed by atoms with Gasteiger partial charge in [0.25, 0.3) is 0 Å². The van der Waals surface area contributed by atoms with Gasteiger partial charge in [-0.1, -0.05) is 17.0 Å². The topological polar surface area (TPSA) is 0 Å². The first-order valence-electron chi connectivity index (χ1n) is 1.54. The Bertz CT molecular complexity index is 127. The van der Waals surface area contributed by atoms with Gasteiger partial charge in [-0.3, -0.25) is 0 Å². The van der Waals surface area contributed by atoms with E-state index in [1.807, 2.05) is 0 Å². The van der Waals surface area contributed by atoms with Crippen LogP contribution in [0.3, 0.4) is 0 Å². The fraction of sp³-hybridized carbons (Fsp3) is 0. The van der Waals surface area contributed by atoms with Gasteiger partial charge < -0.3 is 0 Å². The summed E-state index contributed by atoms with van der Waals surface area (Å²) < 4.78 is 0. The van der Waals surface area contributed by atoms with E-state index in [1.165, 1.54) is 0 Å². The SMILES string of the molecule is C#CP(C#C)C#C. The summed E-state index contributed by atoms with van der Waals surface area (Å²) >= 11 is 0. The first kappa shape index (κ1) is 6.11. The van der Waals surface area contributed by atoms with Crippen LogP contribution in [0.25, 0.3) is 0 Å². The number of hydrogen-bond acceptors (Lipinski definition) is 0. The average molecular weight is 106 g/mol. The molecule has 32 valence electrons. The molecule has 0 rings (SSSR count). The minimum atomic E-state index is -0.971. The zero-order valence-electron chi connectivity index (χ0n) is 3.68. The van der Waals surface area contributed by atoms with E-state index in [1.54, 1.807) is 0 Å². The molecule has 0 heterocycles. The second kappa shape index (κ2) is 3.31. The van der Waals surface area contributed by atoms with Crippen molar-refractivity contribution in [3.63, 3.8) is 0 Å². The maximum Gasteiger partial charge on any atom is 0.126 e. The predicted molar refractivity (Wildman–Crippen MR) is 33.4 cm³/mol. The molecule has 0 spiro atoms. The maximum atomic E-state index is 4.89. The first-order chi connectivity index (χ1) is 3.35. The van der Waals surface area contributed by atoms with Crippen molar-refractivity contribution in [2.45, 2.75) is 0 Å². The maximum absolute atomic E-state index is 4.89. The number of rotatable bonds is 0. The smallest absolute Gasteiger partial charge is 0.113 e. The van der Waals surface area contributed by atoms with Gasteiger partial charge in [0.1, 0.15) is 7.92 Å². The molecule has 0 aliphatic carbocycles. The number of hydrogen-bond donors (Lipinski definition) is 0. The summed E-state index contributed by atoms with van der Waals surface area (Å²) in [5, 5.41) is 0. The summed E-state index contributed by atoms with van der Waals surface area (Å²) in [7, 11) is -0.971. The van der Waals surface area contributed by atoms with Gasteiger partial charge in [-0.15, -0.1) is 19.3 Å². The summed E-state index contributed by atoms with van der Waals surface area (Å²) in [4.78, 5) is 0. The fourth-order valence-electron chi connectivity index (χ4n) is 0.112. The van der Waals surface area contributed by atoms with E-state index in [4.69, 9.17) is 19.3 Å². The van der Waals surface area contributed by atoms with Crippen molar-refractivity contribution in [2.24, 2.45) is 0 Å². The first-order valence-corrected chi connectivity index (χ1v) is 2.88. The summed E-state index contributed by atoms with van der Waals surface area (Å²) in [6.45, 7) is 0. The second-order valence-electron chi connectivity index (χ2n) is 0.723. The summed E-state index contributed by atoms with van der Waals surface area (Å²) in [6.07, 6.45) is 14.7. The van der Waals surface area contributed by atoms with E-state index in [0.29, 0.717) is 0 Å². The van der Waals surface area contributed by atoms with Crippen LogP contribution in [0.4, 0.5) is 0 Å². The van der Waals surface area contributed by atoms with Crippen molar-refractivity contribution in [3.8, 4) is 36.3 Å². The number of terminal acetylenes is 3. The van der Waals surface area contributed by atoms with Crippen LogP contribution in [0.2, 0.25) is 0 Å². The van der Waals surface area contributed by atoms with Gasteiger partial charge in [-0.25, -0.2) is 0 Å². The third kappa shape index (κ3) is 1.89. The summed E-state index contributed by atoms with van der Waals surface area (Å²) in [5.74, 6) is 0. The molecule has 0 radical (unpaired) electrons. The van der Waals surface area contributed by atoms with Crippen molar-refractivity contribution < 1.29 is 0 Å². The molecule has 0 N–H and O–H groups in total. The van der Waals surface area contributed by atoms with Crippen molar-refractivity contribution in [1.82, 2.24) is 0 Å². The third-order valence-electron chi connectivity index (χ3n) is 0.387. The Morgan fingerprint density at radius 3 is 1.14 bits per heavy atom. The van der Waals surface area contributed by atoms with E-state index in [-0.39, 0.29) is 0 Å². The third-order valence-corrected chi connectivity index (χ3v) is 1.16. The average Bonchev–Trinajstić information content (AvgIpc) is 1.72. The second-order valence-corrected chi connectivity index (χ2v) is 2.17. The molecule has 0 atom stereocenters. The van der Waals surface area contributed by atoms with Crippen LogP contribution in [-0.2, 0) is 0 Å². The van der Waals surface area contributed by atoms with Gasteiger partial charge >= 0.3 is 0 Å². The Balaban J connectivity index is 3.82.